The molecule has 0 saturated heterocycles. The van der Waals surface area contributed by atoms with Crippen molar-refractivity contribution in [2.24, 2.45) is 0 Å². The van der Waals surface area contributed by atoms with Gasteiger partial charge >= 0.3 is 5.97 Å². The van der Waals surface area contributed by atoms with Crippen molar-refractivity contribution in [2.75, 3.05) is 26.0 Å². The molecule has 1 N–H and O–H groups in total. The number of esters is 1. The average Bonchev–Trinajstić information content (AvgIpc) is 2.76. The number of fused-ring (bicyclic) bond motifs is 1. The summed E-state index contributed by atoms with van der Waals surface area (Å²) in [5.74, 6) is -1.28. The number of carbonyl (C=O) groups is 2. The molecule has 0 saturated carbocycles. The zero-order valence-corrected chi connectivity index (χ0v) is 17.8. The summed E-state index contributed by atoms with van der Waals surface area (Å²) in [7, 11) is -0.791. The Kier molecular flexibility index (Phi) is 6.78. The van der Waals surface area contributed by atoms with Crippen LogP contribution in [0.25, 0.3) is 17.0 Å². The number of carbonyl (C=O) groups excluding carboxylic acids is 2. The van der Waals surface area contributed by atoms with Crippen molar-refractivity contribution in [1.29, 1.82) is 0 Å². The van der Waals surface area contributed by atoms with Crippen LogP contribution < -0.4 is 5.32 Å². The SMILES string of the molecule is CN(C)S(=O)(=O)c1cccc(NC(=O)COC(=O)/C=C/c2cccc3cccnc23)c1. The molecular formula is C22H21N3O5S. The van der Waals surface area contributed by atoms with Crippen LogP contribution in [0.2, 0.25) is 0 Å². The maximum absolute atomic E-state index is 12.2. The van der Waals surface area contributed by atoms with E-state index in [2.05, 4.69) is 10.3 Å². The average molecular weight is 439 g/mol. The van der Waals surface area contributed by atoms with Gasteiger partial charge in [0.15, 0.2) is 6.61 Å². The molecule has 3 rings (SSSR count). The van der Waals surface area contributed by atoms with Crippen LogP contribution in [0, 0.1) is 0 Å². The number of pyridine rings is 1. The van der Waals surface area contributed by atoms with Crippen molar-refractivity contribution in [2.45, 2.75) is 4.90 Å². The highest BCUT2D eigenvalue weighted by atomic mass is 32.2. The van der Waals surface area contributed by atoms with Gasteiger partial charge in [0.25, 0.3) is 5.91 Å². The first kappa shape index (κ1) is 22.1. The van der Waals surface area contributed by atoms with Gasteiger partial charge in [-0.25, -0.2) is 17.5 Å². The summed E-state index contributed by atoms with van der Waals surface area (Å²) in [6.07, 6.45) is 4.47. The second-order valence-electron chi connectivity index (χ2n) is 6.73. The fourth-order valence-electron chi connectivity index (χ4n) is 2.75. The van der Waals surface area contributed by atoms with Crippen molar-refractivity contribution in [1.82, 2.24) is 9.29 Å². The van der Waals surface area contributed by atoms with Crippen LogP contribution in [0.5, 0.6) is 0 Å². The predicted molar refractivity (Wildman–Crippen MR) is 118 cm³/mol. The lowest BCUT2D eigenvalue weighted by Crippen LogP contribution is -2.23. The Morgan fingerprint density at radius 2 is 1.84 bits per heavy atom. The number of nitrogens with zero attached hydrogens (tertiary/aromatic N) is 2. The van der Waals surface area contributed by atoms with E-state index in [4.69, 9.17) is 4.74 Å². The van der Waals surface area contributed by atoms with E-state index in [1.807, 2.05) is 30.3 Å². The summed E-state index contributed by atoms with van der Waals surface area (Å²) in [6.45, 7) is -0.512. The third-order valence-electron chi connectivity index (χ3n) is 4.30. The van der Waals surface area contributed by atoms with E-state index in [0.717, 1.165) is 20.8 Å². The minimum atomic E-state index is -3.63. The van der Waals surface area contributed by atoms with Crippen LogP contribution in [0.3, 0.4) is 0 Å². The number of benzene rings is 2. The van der Waals surface area contributed by atoms with Crippen LogP contribution in [-0.2, 0) is 24.3 Å². The van der Waals surface area contributed by atoms with Gasteiger partial charge in [0.2, 0.25) is 10.0 Å². The number of amides is 1. The van der Waals surface area contributed by atoms with Crippen LogP contribution in [0.4, 0.5) is 5.69 Å². The quantitative estimate of drug-likeness (QED) is 0.448. The molecule has 9 heteroatoms. The van der Waals surface area contributed by atoms with E-state index in [-0.39, 0.29) is 10.6 Å². The summed E-state index contributed by atoms with van der Waals surface area (Å²) in [5.41, 5.74) is 1.78. The lowest BCUT2D eigenvalue weighted by Gasteiger charge is -2.12. The first-order valence-corrected chi connectivity index (χ1v) is 10.7. The number of ether oxygens (including phenoxy) is 1. The minimum absolute atomic E-state index is 0.0407. The number of aromatic nitrogens is 1. The molecule has 1 heterocycles. The van der Waals surface area contributed by atoms with Crippen LogP contribution in [0.1, 0.15) is 5.56 Å². The number of anilines is 1. The van der Waals surface area contributed by atoms with E-state index in [9.17, 15) is 18.0 Å². The van der Waals surface area contributed by atoms with Crippen LogP contribution >= 0.6 is 0 Å². The second kappa shape index (κ2) is 9.50. The Bertz CT molecular complexity index is 1250. The van der Waals surface area contributed by atoms with Gasteiger partial charge in [-0.2, -0.15) is 0 Å². The summed E-state index contributed by atoms with van der Waals surface area (Å²) in [6, 6.07) is 15.2. The van der Waals surface area contributed by atoms with Gasteiger partial charge in [-0.3, -0.25) is 9.78 Å². The molecular weight excluding hydrogens is 418 g/mol. The molecule has 2 aromatic carbocycles. The lowest BCUT2D eigenvalue weighted by molar-refractivity contribution is -0.142. The van der Waals surface area contributed by atoms with Crippen molar-refractivity contribution in [3.05, 3.63) is 72.4 Å². The number of hydrogen-bond acceptors (Lipinski definition) is 6. The Hall–Kier alpha value is -3.56. The van der Waals surface area contributed by atoms with E-state index in [0.29, 0.717) is 0 Å². The molecule has 0 atom stereocenters. The Morgan fingerprint density at radius 1 is 1.10 bits per heavy atom. The van der Waals surface area contributed by atoms with E-state index in [1.54, 1.807) is 18.3 Å². The molecule has 0 bridgehead atoms. The third-order valence-corrected chi connectivity index (χ3v) is 6.12. The number of sulfonamides is 1. The number of nitrogens with one attached hydrogen (secondary N) is 1. The zero-order chi connectivity index (χ0) is 22.4. The maximum atomic E-state index is 12.2. The molecule has 0 radical (unpaired) electrons. The summed E-state index contributed by atoms with van der Waals surface area (Å²) in [5, 5.41) is 3.45. The molecule has 0 aliphatic carbocycles. The normalized spacial score (nSPS) is 11.7. The van der Waals surface area contributed by atoms with Gasteiger partial charge < -0.3 is 10.1 Å². The highest BCUT2D eigenvalue weighted by molar-refractivity contribution is 7.89. The third kappa shape index (κ3) is 5.53. The smallest absolute Gasteiger partial charge is 0.331 e. The molecule has 31 heavy (non-hydrogen) atoms. The first-order valence-electron chi connectivity index (χ1n) is 9.28. The minimum Gasteiger partial charge on any atom is -0.452 e. The van der Waals surface area contributed by atoms with Gasteiger partial charge in [0.05, 0.1) is 10.4 Å². The topological polar surface area (TPSA) is 106 Å². The van der Waals surface area contributed by atoms with Crippen molar-refractivity contribution in [3.8, 4) is 0 Å². The van der Waals surface area contributed by atoms with E-state index in [1.165, 1.54) is 38.4 Å². The number of rotatable bonds is 7. The highest BCUT2D eigenvalue weighted by Gasteiger charge is 2.17. The van der Waals surface area contributed by atoms with Crippen LogP contribution in [-0.4, -0.2) is 50.3 Å². The molecule has 1 amide bonds. The Labute approximate surface area is 180 Å². The fraction of sp³-hybridized carbons (Fsp3) is 0.136. The van der Waals surface area contributed by atoms with Gasteiger partial charge in [-0.15, -0.1) is 0 Å². The number of para-hydroxylation sites is 1. The number of hydrogen-bond donors (Lipinski definition) is 1. The molecule has 160 valence electrons. The van der Waals surface area contributed by atoms with Gasteiger partial charge in [0.1, 0.15) is 0 Å². The Balaban J connectivity index is 1.59. The fourth-order valence-corrected chi connectivity index (χ4v) is 3.70. The summed E-state index contributed by atoms with van der Waals surface area (Å²) in [4.78, 5) is 28.4. The van der Waals surface area contributed by atoms with Gasteiger partial charge in [-0.05, 0) is 30.3 Å². The molecule has 1 aromatic heterocycles. The standard InChI is InChI=1S/C22H21N3O5S/c1-25(2)31(28,29)19-10-4-9-18(14-19)24-20(26)15-30-21(27)12-11-17-7-3-6-16-8-5-13-23-22(16)17/h3-14H,15H2,1-2H3,(H,24,26)/b12-11+. The molecule has 0 aliphatic rings. The lowest BCUT2D eigenvalue weighted by atomic mass is 10.1. The molecule has 0 spiro atoms. The second-order valence-corrected chi connectivity index (χ2v) is 8.88. The maximum Gasteiger partial charge on any atom is 0.331 e. The Morgan fingerprint density at radius 3 is 2.61 bits per heavy atom. The zero-order valence-electron chi connectivity index (χ0n) is 17.0. The largest absolute Gasteiger partial charge is 0.452 e. The summed E-state index contributed by atoms with van der Waals surface area (Å²) >= 11 is 0. The van der Waals surface area contributed by atoms with E-state index < -0.39 is 28.5 Å². The molecule has 3 aromatic rings. The van der Waals surface area contributed by atoms with Gasteiger partial charge in [0, 0.05) is 43.0 Å². The molecule has 0 fully saturated rings. The van der Waals surface area contributed by atoms with E-state index >= 15 is 0 Å². The van der Waals surface area contributed by atoms with Crippen molar-refractivity contribution >= 4 is 44.6 Å². The van der Waals surface area contributed by atoms with Crippen molar-refractivity contribution in [3.63, 3.8) is 0 Å². The monoisotopic (exact) mass is 439 g/mol. The van der Waals surface area contributed by atoms with Gasteiger partial charge in [-0.1, -0.05) is 30.3 Å². The summed E-state index contributed by atoms with van der Waals surface area (Å²) < 4.78 is 30.4. The highest BCUT2D eigenvalue weighted by Crippen LogP contribution is 2.18. The molecule has 0 unspecified atom stereocenters. The van der Waals surface area contributed by atoms with Crippen molar-refractivity contribution < 1.29 is 22.7 Å². The van der Waals surface area contributed by atoms with Crippen LogP contribution in [0.15, 0.2) is 71.8 Å². The first-order chi connectivity index (χ1) is 14.8. The molecule has 0 aliphatic heterocycles. The predicted octanol–water partition coefficient (Wildman–Crippen LogP) is 2.68. The molecule has 8 nitrogen and oxygen atoms in total.